The number of aromatic nitrogens is 2. The molecule has 1 aromatic heterocycles. The van der Waals surface area contributed by atoms with E-state index in [1.54, 1.807) is 0 Å². The summed E-state index contributed by atoms with van der Waals surface area (Å²) in [6.07, 6.45) is 0. The summed E-state index contributed by atoms with van der Waals surface area (Å²) in [4.78, 5) is 6.18. The molecule has 5 heteroatoms. The van der Waals surface area contributed by atoms with Gasteiger partial charge >= 0.3 is 0 Å². The molecule has 0 aliphatic carbocycles. The third-order valence-electron chi connectivity index (χ3n) is 1.83. The molecule has 0 spiro atoms. The lowest BCUT2D eigenvalue weighted by atomic mass is 10.3. The van der Waals surface area contributed by atoms with Crippen molar-refractivity contribution in [2.45, 2.75) is 13.8 Å². The van der Waals surface area contributed by atoms with Crippen molar-refractivity contribution in [2.24, 2.45) is 4.99 Å². The predicted molar refractivity (Wildman–Crippen MR) is 58.2 cm³/mol. The molecule has 0 fully saturated rings. The lowest BCUT2D eigenvalue weighted by Gasteiger charge is -2.10. The van der Waals surface area contributed by atoms with Gasteiger partial charge in [0.1, 0.15) is 5.84 Å². The third kappa shape index (κ3) is 2.67. The summed E-state index contributed by atoms with van der Waals surface area (Å²) in [6.45, 7) is 3.78. The normalized spacial score (nSPS) is 11.6. The first kappa shape index (κ1) is 10.9. The Hall–Kier alpha value is -1.16. The summed E-state index contributed by atoms with van der Waals surface area (Å²) in [7, 11) is 3.85. The largest absolute Gasteiger partial charge is 0.366 e. The second kappa shape index (κ2) is 4.37. The van der Waals surface area contributed by atoms with Crippen molar-refractivity contribution in [3.05, 3.63) is 16.8 Å². The highest BCUT2D eigenvalue weighted by atomic mass is 35.5. The van der Waals surface area contributed by atoms with Crippen molar-refractivity contribution >= 4 is 23.3 Å². The molecule has 0 aliphatic rings. The van der Waals surface area contributed by atoms with Crippen molar-refractivity contribution in [1.82, 2.24) is 15.1 Å². The molecule has 0 bridgehead atoms. The molecule has 0 radical (unpaired) electrons. The van der Waals surface area contributed by atoms with Crippen LogP contribution < -0.4 is 0 Å². The van der Waals surface area contributed by atoms with E-state index in [2.05, 4.69) is 15.2 Å². The summed E-state index contributed by atoms with van der Waals surface area (Å²) in [5.74, 6) is 1.46. The zero-order valence-electron chi connectivity index (χ0n) is 8.74. The highest BCUT2D eigenvalue weighted by Gasteiger charge is 2.00. The van der Waals surface area contributed by atoms with Crippen LogP contribution in [0, 0.1) is 6.92 Å². The standard InChI is InChI=1S/C9H13ClN4/c1-6-5-8(12-13-9(6)10)11-7(2)14(3)4/h5H,1-4H3. The topological polar surface area (TPSA) is 41.4 Å². The zero-order valence-corrected chi connectivity index (χ0v) is 9.50. The van der Waals surface area contributed by atoms with Crippen LogP contribution in [0.15, 0.2) is 11.1 Å². The van der Waals surface area contributed by atoms with Gasteiger partial charge in [-0.3, -0.25) is 0 Å². The number of hydrogen-bond donors (Lipinski definition) is 0. The molecule has 0 saturated heterocycles. The van der Waals surface area contributed by atoms with Crippen molar-refractivity contribution in [3.63, 3.8) is 0 Å². The van der Waals surface area contributed by atoms with Crippen molar-refractivity contribution < 1.29 is 0 Å². The van der Waals surface area contributed by atoms with Gasteiger partial charge in [-0.05, 0) is 25.5 Å². The Morgan fingerprint density at radius 2 is 2.07 bits per heavy atom. The minimum absolute atomic E-state index is 0.423. The fraction of sp³-hybridized carbons (Fsp3) is 0.444. The van der Waals surface area contributed by atoms with E-state index < -0.39 is 0 Å². The molecular formula is C9H13ClN4. The van der Waals surface area contributed by atoms with Crippen LogP contribution in [0.5, 0.6) is 0 Å². The van der Waals surface area contributed by atoms with Crippen LogP contribution in [0.4, 0.5) is 5.82 Å². The van der Waals surface area contributed by atoms with Gasteiger partial charge < -0.3 is 4.90 Å². The molecule has 76 valence electrons. The second-order valence-electron chi connectivity index (χ2n) is 3.23. The van der Waals surface area contributed by atoms with Crippen LogP contribution in [0.2, 0.25) is 5.15 Å². The Morgan fingerprint density at radius 1 is 1.43 bits per heavy atom. The Labute approximate surface area is 88.6 Å². The van der Waals surface area contributed by atoms with Gasteiger partial charge in [0.25, 0.3) is 0 Å². The summed E-state index contributed by atoms with van der Waals surface area (Å²) in [6, 6.07) is 1.81. The molecule has 0 atom stereocenters. The highest BCUT2D eigenvalue weighted by Crippen LogP contribution is 2.15. The van der Waals surface area contributed by atoms with E-state index in [0.29, 0.717) is 11.0 Å². The van der Waals surface area contributed by atoms with E-state index in [4.69, 9.17) is 11.6 Å². The zero-order chi connectivity index (χ0) is 10.7. The molecule has 0 aliphatic heterocycles. The Bertz CT molecular complexity index is 360. The first-order valence-corrected chi connectivity index (χ1v) is 4.61. The minimum Gasteiger partial charge on any atom is -0.366 e. The van der Waals surface area contributed by atoms with Crippen LogP contribution in [0.3, 0.4) is 0 Å². The molecule has 0 aromatic carbocycles. The summed E-state index contributed by atoms with van der Waals surface area (Å²) in [5, 5.41) is 8.07. The molecule has 1 rings (SSSR count). The molecule has 1 aromatic rings. The summed E-state index contributed by atoms with van der Waals surface area (Å²) >= 11 is 5.75. The van der Waals surface area contributed by atoms with Crippen LogP contribution in [-0.4, -0.2) is 35.0 Å². The van der Waals surface area contributed by atoms with E-state index >= 15 is 0 Å². The molecule has 14 heavy (non-hydrogen) atoms. The summed E-state index contributed by atoms with van der Waals surface area (Å²) in [5.41, 5.74) is 0.881. The first-order chi connectivity index (χ1) is 6.50. The van der Waals surface area contributed by atoms with E-state index in [1.165, 1.54) is 0 Å². The Kier molecular flexibility index (Phi) is 3.41. The fourth-order valence-electron chi connectivity index (χ4n) is 0.776. The lowest BCUT2D eigenvalue weighted by Crippen LogP contribution is -2.17. The maximum absolute atomic E-state index is 5.75. The average molecular weight is 213 g/mol. The van der Waals surface area contributed by atoms with Gasteiger partial charge in [0.2, 0.25) is 0 Å². The first-order valence-electron chi connectivity index (χ1n) is 4.23. The lowest BCUT2D eigenvalue weighted by molar-refractivity contribution is 0.618. The smallest absolute Gasteiger partial charge is 0.176 e. The molecule has 4 nitrogen and oxygen atoms in total. The number of aliphatic imine (C=N–C) groups is 1. The van der Waals surface area contributed by atoms with Gasteiger partial charge in [-0.25, -0.2) is 4.99 Å². The van der Waals surface area contributed by atoms with Crippen LogP contribution in [0.1, 0.15) is 12.5 Å². The number of rotatable bonds is 1. The number of halogens is 1. The monoisotopic (exact) mass is 212 g/mol. The maximum Gasteiger partial charge on any atom is 0.176 e. The van der Waals surface area contributed by atoms with Gasteiger partial charge in [-0.2, -0.15) is 0 Å². The molecule has 1 heterocycles. The van der Waals surface area contributed by atoms with Crippen LogP contribution in [0.25, 0.3) is 0 Å². The number of hydrogen-bond acceptors (Lipinski definition) is 3. The maximum atomic E-state index is 5.75. The SMILES string of the molecule is CC(=Nc1cc(C)c(Cl)nn1)N(C)C. The summed E-state index contributed by atoms with van der Waals surface area (Å²) < 4.78 is 0. The van der Waals surface area contributed by atoms with E-state index in [1.807, 2.05) is 38.9 Å². The van der Waals surface area contributed by atoms with Crippen molar-refractivity contribution in [1.29, 1.82) is 0 Å². The minimum atomic E-state index is 0.423. The second-order valence-corrected chi connectivity index (χ2v) is 3.59. The van der Waals surface area contributed by atoms with Gasteiger partial charge in [0.15, 0.2) is 11.0 Å². The number of amidine groups is 1. The predicted octanol–water partition coefficient (Wildman–Crippen LogP) is 2.05. The highest BCUT2D eigenvalue weighted by molar-refractivity contribution is 6.30. The molecule has 0 N–H and O–H groups in total. The fourth-order valence-corrected chi connectivity index (χ4v) is 0.869. The average Bonchev–Trinajstić information content (AvgIpc) is 2.11. The van der Waals surface area contributed by atoms with Gasteiger partial charge in [-0.15, -0.1) is 10.2 Å². The van der Waals surface area contributed by atoms with Gasteiger partial charge in [0, 0.05) is 14.1 Å². The quantitative estimate of drug-likeness (QED) is 0.529. The van der Waals surface area contributed by atoms with E-state index in [9.17, 15) is 0 Å². The van der Waals surface area contributed by atoms with Crippen LogP contribution in [-0.2, 0) is 0 Å². The third-order valence-corrected chi connectivity index (χ3v) is 2.21. The van der Waals surface area contributed by atoms with Gasteiger partial charge in [-0.1, -0.05) is 11.6 Å². The Balaban J connectivity index is 2.98. The molecule has 0 amide bonds. The van der Waals surface area contributed by atoms with Crippen LogP contribution >= 0.6 is 11.6 Å². The molecular weight excluding hydrogens is 200 g/mol. The Morgan fingerprint density at radius 3 is 2.57 bits per heavy atom. The number of aryl methyl sites for hydroxylation is 1. The van der Waals surface area contributed by atoms with E-state index in [-0.39, 0.29) is 0 Å². The van der Waals surface area contributed by atoms with Gasteiger partial charge in [0.05, 0.1) is 0 Å². The van der Waals surface area contributed by atoms with Crippen molar-refractivity contribution in [3.8, 4) is 0 Å². The number of nitrogens with zero attached hydrogens (tertiary/aromatic N) is 4. The van der Waals surface area contributed by atoms with Crippen molar-refractivity contribution in [2.75, 3.05) is 14.1 Å². The van der Waals surface area contributed by atoms with E-state index in [0.717, 1.165) is 11.4 Å². The molecule has 0 saturated carbocycles. The molecule has 0 unspecified atom stereocenters.